The summed E-state index contributed by atoms with van der Waals surface area (Å²) in [5.41, 5.74) is 3.02. The number of nitrogens with zero attached hydrogens (tertiary/aromatic N) is 2. The van der Waals surface area contributed by atoms with Crippen molar-refractivity contribution in [3.05, 3.63) is 59.3 Å². The van der Waals surface area contributed by atoms with Crippen LogP contribution in [0, 0.1) is 13.8 Å². The number of amides is 3. The molecule has 0 unspecified atom stereocenters. The number of hydrogen-bond donors (Lipinski definition) is 2. The topological polar surface area (TPSA) is 123 Å². The summed E-state index contributed by atoms with van der Waals surface area (Å²) in [7, 11) is 0. The molecule has 3 amide bonds. The van der Waals surface area contributed by atoms with E-state index in [9.17, 15) is 14.4 Å². The number of urea groups is 1. The third-order valence-electron chi connectivity index (χ3n) is 3.90. The van der Waals surface area contributed by atoms with Crippen LogP contribution in [0.15, 0.2) is 41.0 Å². The molecule has 2 N–H and O–H groups in total. The van der Waals surface area contributed by atoms with Gasteiger partial charge in [0.25, 0.3) is 5.91 Å². The van der Waals surface area contributed by atoms with Gasteiger partial charge in [-0.3, -0.25) is 10.1 Å². The van der Waals surface area contributed by atoms with Crippen molar-refractivity contribution in [1.82, 2.24) is 20.6 Å². The molecule has 2 heterocycles. The first kappa shape index (κ1) is 19.0. The smallest absolute Gasteiger partial charge is 0.338 e. The molecule has 2 aromatic heterocycles. The summed E-state index contributed by atoms with van der Waals surface area (Å²) < 4.78 is 10.0. The zero-order chi connectivity index (χ0) is 20.1. The van der Waals surface area contributed by atoms with Gasteiger partial charge >= 0.3 is 12.0 Å². The number of fused-ring (bicyclic) bond motifs is 1. The number of ether oxygens (including phenoxy) is 1. The van der Waals surface area contributed by atoms with Crippen LogP contribution in [0.25, 0.3) is 11.0 Å². The molecule has 9 nitrogen and oxygen atoms in total. The zero-order valence-electron chi connectivity index (χ0n) is 15.3. The molecule has 3 aromatic rings. The van der Waals surface area contributed by atoms with Gasteiger partial charge < -0.3 is 14.5 Å². The average Bonchev–Trinajstić information content (AvgIpc) is 3.18. The van der Waals surface area contributed by atoms with Crippen LogP contribution < -0.4 is 10.6 Å². The molecule has 0 saturated heterocycles. The van der Waals surface area contributed by atoms with Gasteiger partial charge in [0.15, 0.2) is 6.61 Å². The molecule has 1 aromatic carbocycles. The van der Waals surface area contributed by atoms with Gasteiger partial charge in [-0.25, -0.2) is 19.6 Å². The Labute approximate surface area is 160 Å². The lowest BCUT2D eigenvalue weighted by Gasteiger charge is -2.07. The fraction of sp³-hybridized carbons (Fsp3) is 0.211. The standard InChI is InChI=1S/C19H18N4O5/c1-11-12(2)22-16-8-13(5-6-15(16)21-11)18(25)28-10-17(24)23-19(26)20-9-14-4-3-7-27-14/h3-8H,9-10H2,1-2H3,(H2,20,23,24,26). The lowest BCUT2D eigenvalue weighted by atomic mass is 10.2. The van der Waals surface area contributed by atoms with E-state index >= 15 is 0 Å². The van der Waals surface area contributed by atoms with Gasteiger partial charge in [-0.1, -0.05) is 0 Å². The highest BCUT2D eigenvalue weighted by Crippen LogP contribution is 2.15. The van der Waals surface area contributed by atoms with E-state index in [0.717, 1.165) is 11.4 Å². The van der Waals surface area contributed by atoms with Crippen molar-refractivity contribution < 1.29 is 23.5 Å². The molecule has 0 aliphatic carbocycles. The van der Waals surface area contributed by atoms with E-state index in [0.29, 0.717) is 16.8 Å². The maximum absolute atomic E-state index is 12.1. The number of aryl methyl sites for hydroxylation is 2. The van der Waals surface area contributed by atoms with E-state index in [1.165, 1.54) is 6.26 Å². The molecule has 0 radical (unpaired) electrons. The maximum Gasteiger partial charge on any atom is 0.338 e. The van der Waals surface area contributed by atoms with Crippen molar-refractivity contribution in [2.24, 2.45) is 0 Å². The normalized spacial score (nSPS) is 10.5. The van der Waals surface area contributed by atoms with E-state index in [1.807, 2.05) is 13.8 Å². The van der Waals surface area contributed by atoms with Crippen molar-refractivity contribution >= 4 is 28.9 Å². The summed E-state index contributed by atoms with van der Waals surface area (Å²) in [6, 6.07) is 7.39. The number of esters is 1. The molecule has 0 atom stereocenters. The quantitative estimate of drug-likeness (QED) is 0.647. The molecule has 0 bridgehead atoms. The summed E-state index contributed by atoms with van der Waals surface area (Å²) in [5, 5.41) is 4.51. The highest BCUT2D eigenvalue weighted by atomic mass is 16.5. The van der Waals surface area contributed by atoms with Crippen LogP contribution in [0.5, 0.6) is 0 Å². The van der Waals surface area contributed by atoms with Gasteiger partial charge in [0.1, 0.15) is 5.76 Å². The Morgan fingerprint density at radius 2 is 1.82 bits per heavy atom. The van der Waals surface area contributed by atoms with Crippen molar-refractivity contribution in [2.45, 2.75) is 20.4 Å². The van der Waals surface area contributed by atoms with E-state index in [4.69, 9.17) is 9.15 Å². The lowest BCUT2D eigenvalue weighted by Crippen LogP contribution is -2.41. The van der Waals surface area contributed by atoms with Crippen LogP contribution in [0.4, 0.5) is 4.79 Å². The first-order valence-corrected chi connectivity index (χ1v) is 8.44. The molecule has 3 rings (SSSR count). The third kappa shape index (κ3) is 4.70. The van der Waals surface area contributed by atoms with Gasteiger partial charge in [0.05, 0.1) is 40.8 Å². The summed E-state index contributed by atoms with van der Waals surface area (Å²) in [4.78, 5) is 44.3. The average molecular weight is 382 g/mol. The summed E-state index contributed by atoms with van der Waals surface area (Å²) in [6.07, 6.45) is 1.47. The van der Waals surface area contributed by atoms with Crippen LogP contribution in [0.3, 0.4) is 0 Å². The molecule has 0 saturated carbocycles. The van der Waals surface area contributed by atoms with Crippen LogP contribution in [0.1, 0.15) is 27.5 Å². The number of rotatable bonds is 5. The minimum Gasteiger partial charge on any atom is -0.467 e. The van der Waals surface area contributed by atoms with E-state index in [1.54, 1.807) is 30.3 Å². The number of imide groups is 1. The van der Waals surface area contributed by atoms with Crippen molar-refractivity contribution in [3.8, 4) is 0 Å². The van der Waals surface area contributed by atoms with Crippen LogP contribution in [-0.4, -0.2) is 34.5 Å². The highest BCUT2D eigenvalue weighted by Gasteiger charge is 2.14. The minimum absolute atomic E-state index is 0.128. The molecule has 9 heteroatoms. The summed E-state index contributed by atoms with van der Waals surface area (Å²) in [6.45, 7) is 3.22. The molecular formula is C19H18N4O5. The van der Waals surface area contributed by atoms with Gasteiger partial charge in [-0.05, 0) is 44.2 Å². The second-order valence-corrected chi connectivity index (χ2v) is 5.98. The molecular weight excluding hydrogens is 364 g/mol. The molecule has 0 aliphatic heterocycles. The van der Waals surface area contributed by atoms with E-state index in [-0.39, 0.29) is 12.1 Å². The number of hydrogen-bond acceptors (Lipinski definition) is 7. The second kappa shape index (κ2) is 8.30. The Hall–Kier alpha value is -3.75. The fourth-order valence-corrected chi connectivity index (χ4v) is 2.36. The first-order chi connectivity index (χ1) is 13.4. The Kier molecular flexibility index (Phi) is 5.64. The SMILES string of the molecule is Cc1nc2ccc(C(=O)OCC(=O)NC(=O)NCc3ccco3)cc2nc1C. The van der Waals surface area contributed by atoms with Crippen molar-refractivity contribution in [3.63, 3.8) is 0 Å². The minimum atomic E-state index is -0.752. The number of carbonyl (C=O) groups is 3. The van der Waals surface area contributed by atoms with Crippen molar-refractivity contribution in [1.29, 1.82) is 0 Å². The number of benzene rings is 1. The Morgan fingerprint density at radius 1 is 1.07 bits per heavy atom. The highest BCUT2D eigenvalue weighted by molar-refractivity contribution is 5.98. The van der Waals surface area contributed by atoms with Gasteiger partial charge in [0.2, 0.25) is 0 Å². The molecule has 0 fully saturated rings. The third-order valence-corrected chi connectivity index (χ3v) is 3.90. The number of aromatic nitrogens is 2. The van der Waals surface area contributed by atoms with Crippen LogP contribution in [-0.2, 0) is 16.1 Å². The first-order valence-electron chi connectivity index (χ1n) is 8.44. The summed E-state index contributed by atoms with van der Waals surface area (Å²) >= 11 is 0. The predicted octanol–water partition coefficient (Wildman–Crippen LogP) is 2.02. The van der Waals surface area contributed by atoms with Gasteiger partial charge in [0, 0.05) is 0 Å². The lowest BCUT2D eigenvalue weighted by molar-refractivity contribution is -0.123. The zero-order valence-corrected chi connectivity index (χ0v) is 15.3. The second-order valence-electron chi connectivity index (χ2n) is 5.98. The Morgan fingerprint density at radius 3 is 2.54 bits per heavy atom. The fourth-order valence-electron chi connectivity index (χ4n) is 2.36. The predicted molar refractivity (Wildman–Crippen MR) is 98.4 cm³/mol. The van der Waals surface area contributed by atoms with Crippen LogP contribution >= 0.6 is 0 Å². The number of carbonyl (C=O) groups excluding carboxylic acids is 3. The maximum atomic E-state index is 12.1. The Bertz CT molecular complexity index is 1030. The molecule has 28 heavy (non-hydrogen) atoms. The van der Waals surface area contributed by atoms with E-state index in [2.05, 4.69) is 20.6 Å². The monoisotopic (exact) mass is 382 g/mol. The van der Waals surface area contributed by atoms with Gasteiger partial charge in [-0.2, -0.15) is 0 Å². The van der Waals surface area contributed by atoms with E-state index < -0.39 is 24.5 Å². The van der Waals surface area contributed by atoms with Crippen molar-refractivity contribution in [2.75, 3.05) is 6.61 Å². The molecule has 0 aliphatic rings. The largest absolute Gasteiger partial charge is 0.467 e. The van der Waals surface area contributed by atoms with Crippen LogP contribution in [0.2, 0.25) is 0 Å². The number of nitrogens with one attached hydrogen (secondary N) is 2. The molecule has 0 spiro atoms. The Balaban J connectivity index is 1.51. The molecule has 144 valence electrons. The number of furan rings is 1. The summed E-state index contributed by atoms with van der Waals surface area (Å²) in [5.74, 6) is -0.913. The van der Waals surface area contributed by atoms with Gasteiger partial charge in [-0.15, -0.1) is 0 Å².